The molecule has 0 amide bonds. The summed E-state index contributed by atoms with van der Waals surface area (Å²) in [6, 6.07) is 12.4. The van der Waals surface area contributed by atoms with Crippen molar-refractivity contribution in [2.45, 2.75) is 13.1 Å². The number of nitrogens with zero attached hydrogens (tertiary/aromatic N) is 3. The second-order valence-electron chi connectivity index (χ2n) is 6.07. The fourth-order valence-corrected chi connectivity index (χ4v) is 3.58. The molecule has 0 saturated carbocycles. The minimum Gasteiger partial charge on any atom is -0.312 e. The minimum absolute atomic E-state index is 0.154. The van der Waals surface area contributed by atoms with Gasteiger partial charge in [0, 0.05) is 20.1 Å². The van der Waals surface area contributed by atoms with Gasteiger partial charge in [-0.1, -0.05) is 29.8 Å². The number of rotatable bonds is 3. The second-order valence-corrected chi connectivity index (χ2v) is 6.48. The van der Waals surface area contributed by atoms with Crippen molar-refractivity contribution in [1.82, 2.24) is 18.7 Å². The molecule has 0 unspecified atom stereocenters. The van der Waals surface area contributed by atoms with E-state index >= 15 is 0 Å². The first-order valence-corrected chi connectivity index (χ1v) is 8.47. The van der Waals surface area contributed by atoms with E-state index in [1.54, 1.807) is 46.5 Å². The van der Waals surface area contributed by atoms with E-state index in [4.69, 9.17) is 17.0 Å². The molecule has 7 nitrogen and oxygen atoms in total. The first-order chi connectivity index (χ1) is 12.5. The average molecular weight is 370 g/mol. The summed E-state index contributed by atoms with van der Waals surface area (Å²) in [5, 5.41) is 9.33. The van der Waals surface area contributed by atoms with Gasteiger partial charge in [0.1, 0.15) is 0 Å². The monoisotopic (exact) mass is 369 g/mol. The summed E-state index contributed by atoms with van der Waals surface area (Å²) in [4.78, 5) is 27.7. The Morgan fingerprint density at radius 2 is 1.77 bits per heavy atom. The summed E-state index contributed by atoms with van der Waals surface area (Å²) in [6.07, 6.45) is 0. The van der Waals surface area contributed by atoms with E-state index < -0.39 is 5.69 Å². The fraction of sp³-hybridized carbons (Fsp3) is 0.167. The largest absolute Gasteiger partial charge is 0.328 e. The third-order valence-corrected chi connectivity index (χ3v) is 4.91. The van der Waals surface area contributed by atoms with Crippen molar-refractivity contribution in [2.75, 3.05) is 0 Å². The molecule has 8 heteroatoms. The summed E-state index contributed by atoms with van der Waals surface area (Å²) in [5.41, 5.74) is 1.51. The van der Waals surface area contributed by atoms with Crippen LogP contribution in [-0.4, -0.2) is 18.7 Å². The van der Waals surface area contributed by atoms with Gasteiger partial charge in [0.25, 0.3) is 5.56 Å². The molecule has 0 aliphatic carbocycles. The van der Waals surface area contributed by atoms with E-state index in [0.717, 1.165) is 15.6 Å². The average Bonchev–Trinajstić information content (AvgIpc) is 2.87. The number of hydrogen-bond donors (Lipinski definition) is 2. The molecule has 4 rings (SSSR count). The number of nitrogens with one attached hydrogen (secondary N) is 2. The smallest absolute Gasteiger partial charge is 0.312 e. The Kier molecular flexibility index (Phi) is 3.81. The number of aryl methyl sites for hydroxylation is 2. The van der Waals surface area contributed by atoms with Crippen molar-refractivity contribution < 1.29 is 0 Å². The second kappa shape index (κ2) is 6.03. The zero-order chi connectivity index (χ0) is 18.4. The number of imidazole rings is 1. The van der Waals surface area contributed by atoms with Gasteiger partial charge in [0.05, 0.1) is 27.0 Å². The maximum Gasteiger partial charge on any atom is 0.328 e. The molecule has 2 N–H and O–H groups in total. The van der Waals surface area contributed by atoms with E-state index in [-0.39, 0.29) is 17.7 Å². The molecule has 2 aromatic heterocycles. The van der Waals surface area contributed by atoms with Crippen LogP contribution < -0.4 is 16.9 Å². The number of aromatic nitrogens is 4. The van der Waals surface area contributed by atoms with Crippen LogP contribution in [0, 0.1) is 5.41 Å². The van der Waals surface area contributed by atoms with Gasteiger partial charge in [0.15, 0.2) is 0 Å². The molecular formula is C18H16ClN5O2. The predicted molar refractivity (Wildman–Crippen MR) is 101 cm³/mol. The van der Waals surface area contributed by atoms with Crippen LogP contribution in [0.4, 0.5) is 0 Å². The summed E-state index contributed by atoms with van der Waals surface area (Å²) in [6.45, 7) is 0.457. The van der Waals surface area contributed by atoms with Crippen molar-refractivity contribution in [1.29, 1.82) is 5.41 Å². The molecule has 4 aromatic rings. The van der Waals surface area contributed by atoms with Crippen molar-refractivity contribution in [3.05, 3.63) is 73.9 Å². The van der Waals surface area contributed by atoms with E-state index in [0.29, 0.717) is 22.5 Å². The van der Waals surface area contributed by atoms with Crippen LogP contribution in [0.3, 0.4) is 0 Å². The zero-order valence-corrected chi connectivity index (χ0v) is 14.7. The molecule has 0 aliphatic rings. The summed E-state index contributed by atoms with van der Waals surface area (Å²) < 4.78 is 4.59. The lowest BCUT2D eigenvalue weighted by Crippen LogP contribution is -2.37. The summed E-state index contributed by atoms with van der Waals surface area (Å²) in [7, 11) is 1.77. The Labute approximate surface area is 152 Å². The molecule has 0 atom stereocenters. The Morgan fingerprint density at radius 1 is 1.04 bits per heavy atom. The molecule has 0 saturated heterocycles. The quantitative estimate of drug-likeness (QED) is 0.577. The van der Waals surface area contributed by atoms with Crippen LogP contribution in [0.25, 0.3) is 21.9 Å². The number of H-pyrrole nitrogens is 1. The maximum atomic E-state index is 12.6. The molecule has 0 spiro atoms. The van der Waals surface area contributed by atoms with E-state index in [1.807, 2.05) is 12.1 Å². The highest BCUT2D eigenvalue weighted by Crippen LogP contribution is 2.21. The van der Waals surface area contributed by atoms with Crippen molar-refractivity contribution >= 4 is 33.5 Å². The third-order valence-electron chi connectivity index (χ3n) is 4.60. The normalized spacial score (nSPS) is 11.5. The standard InChI is InChI=1S/C18H16ClN5O2/c1-22-15-12(19)6-4-8-14(15)23(17(22)20)9-10-24-16(25)11-5-2-3-7-13(11)21-18(24)26/h2-8,20H,9-10H2,1H3,(H,21,26). The number of aromatic amines is 1. The Hall–Kier alpha value is -3.06. The van der Waals surface area contributed by atoms with E-state index in [2.05, 4.69) is 4.98 Å². The first-order valence-electron chi connectivity index (χ1n) is 8.09. The van der Waals surface area contributed by atoms with Gasteiger partial charge in [-0.05, 0) is 24.3 Å². The molecule has 0 radical (unpaired) electrons. The third kappa shape index (κ3) is 2.40. The number of benzene rings is 2. The molecular weight excluding hydrogens is 354 g/mol. The Morgan fingerprint density at radius 3 is 2.58 bits per heavy atom. The van der Waals surface area contributed by atoms with Crippen LogP contribution >= 0.6 is 11.6 Å². The topological polar surface area (TPSA) is 88.6 Å². The molecule has 26 heavy (non-hydrogen) atoms. The molecule has 0 bridgehead atoms. The van der Waals surface area contributed by atoms with Crippen LogP contribution in [-0.2, 0) is 20.1 Å². The van der Waals surface area contributed by atoms with Crippen LogP contribution in [0.15, 0.2) is 52.1 Å². The van der Waals surface area contributed by atoms with Gasteiger partial charge in [-0.25, -0.2) is 4.79 Å². The maximum absolute atomic E-state index is 12.6. The molecule has 2 aromatic carbocycles. The molecule has 0 fully saturated rings. The van der Waals surface area contributed by atoms with E-state index in [9.17, 15) is 9.59 Å². The van der Waals surface area contributed by atoms with Gasteiger partial charge in [-0.3, -0.25) is 14.8 Å². The number of halogens is 1. The van der Waals surface area contributed by atoms with Crippen LogP contribution in [0.1, 0.15) is 0 Å². The molecule has 2 heterocycles. The molecule has 132 valence electrons. The SMILES string of the molecule is Cn1c(=N)n(CCn2c(=O)[nH]c3ccccc3c2=O)c2cccc(Cl)c21. The predicted octanol–water partition coefficient (Wildman–Crippen LogP) is 1.82. The van der Waals surface area contributed by atoms with Crippen molar-refractivity contribution in [3.8, 4) is 0 Å². The van der Waals surface area contributed by atoms with Crippen LogP contribution in [0.2, 0.25) is 5.02 Å². The van der Waals surface area contributed by atoms with E-state index in [1.165, 1.54) is 0 Å². The minimum atomic E-state index is -0.459. The van der Waals surface area contributed by atoms with Gasteiger partial charge in [0.2, 0.25) is 5.62 Å². The lowest BCUT2D eigenvalue weighted by molar-refractivity contribution is 0.531. The highest BCUT2D eigenvalue weighted by atomic mass is 35.5. The summed E-state index contributed by atoms with van der Waals surface area (Å²) in [5.74, 6) is 0. The first kappa shape index (κ1) is 16.4. The number of fused-ring (bicyclic) bond motifs is 2. The Balaban J connectivity index is 1.81. The fourth-order valence-electron chi connectivity index (χ4n) is 3.28. The van der Waals surface area contributed by atoms with Gasteiger partial charge in [-0.15, -0.1) is 0 Å². The van der Waals surface area contributed by atoms with Gasteiger partial charge >= 0.3 is 5.69 Å². The van der Waals surface area contributed by atoms with Gasteiger partial charge < -0.3 is 14.1 Å². The number of para-hydroxylation sites is 2. The van der Waals surface area contributed by atoms with Crippen molar-refractivity contribution in [3.63, 3.8) is 0 Å². The molecule has 0 aliphatic heterocycles. The summed E-state index contributed by atoms with van der Waals surface area (Å²) >= 11 is 6.25. The lowest BCUT2D eigenvalue weighted by Gasteiger charge is -2.08. The number of hydrogen-bond acceptors (Lipinski definition) is 3. The lowest BCUT2D eigenvalue weighted by atomic mass is 10.2. The van der Waals surface area contributed by atoms with Crippen molar-refractivity contribution in [2.24, 2.45) is 7.05 Å². The van der Waals surface area contributed by atoms with Crippen LogP contribution in [0.5, 0.6) is 0 Å². The highest BCUT2D eigenvalue weighted by molar-refractivity contribution is 6.34. The highest BCUT2D eigenvalue weighted by Gasteiger charge is 2.12. The van der Waals surface area contributed by atoms with Gasteiger partial charge in [-0.2, -0.15) is 0 Å². The Bertz CT molecular complexity index is 1330. The zero-order valence-electron chi connectivity index (χ0n) is 14.0.